The van der Waals surface area contributed by atoms with E-state index in [-0.39, 0.29) is 17.4 Å². The molecule has 3 N–H and O–H groups in total. The van der Waals surface area contributed by atoms with Crippen LogP contribution in [0, 0.1) is 5.95 Å². The fraction of sp³-hybridized carbons (Fsp3) is 0.259. The number of benzene rings is 1. The number of methoxy groups -OCH3 is 1. The molecular formula is C27H24FN5O4S. The molecule has 3 aromatic rings. The molecule has 3 aliphatic heterocycles. The first-order chi connectivity index (χ1) is 18.5. The van der Waals surface area contributed by atoms with Crippen molar-refractivity contribution in [2.45, 2.75) is 17.6 Å². The van der Waals surface area contributed by atoms with Crippen molar-refractivity contribution in [2.24, 2.45) is 10.7 Å². The highest BCUT2D eigenvalue weighted by molar-refractivity contribution is 8.14. The zero-order chi connectivity index (χ0) is 26.3. The molecule has 1 aromatic carbocycles. The molecule has 0 radical (unpaired) electrons. The van der Waals surface area contributed by atoms with Gasteiger partial charge in [-0.15, -0.1) is 0 Å². The summed E-state index contributed by atoms with van der Waals surface area (Å²) in [5.74, 6) is 0.0174. The molecule has 194 valence electrons. The summed E-state index contributed by atoms with van der Waals surface area (Å²) >= 11 is 1.35. The van der Waals surface area contributed by atoms with Gasteiger partial charge in [0, 0.05) is 23.4 Å². The van der Waals surface area contributed by atoms with Gasteiger partial charge in [0.1, 0.15) is 17.2 Å². The first kappa shape index (κ1) is 24.4. The summed E-state index contributed by atoms with van der Waals surface area (Å²) in [5, 5.41) is 3.29. The highest BCUT2D eigenvalue weighted by Crippen LogP contribution is 2.58. The van der Waals surface area contributed by atoms with Crippen molar-refractivity contribution < 1.29 is 23.4 Å². The number of halogens is 1. The summed E-state index contributed by atoms with van der Waals surface area (Å²) in [5.41, 5.74) is 9.74. The van der Waals surface area contributed by atoms with E-state index in [1.165, 1.54) is 25.1 Å². The zero-order valence-corrected chi connectivity index (χ0v) is 21.3. The maximum absolute atomic E-state index is 15.5. The number of amidine groups is 1. The van der Waals surface area contributed by atoms with Crippen LogP contribution in [0.1, 0.15) is 40.2 Å². The summed E-state index contributed by atoms with van der Waals surface area (Å²) in [6.45, 7) is 1.44. The molecule has 38 heavy (non-hydrogen) atoms. The molecule has 0 saturated heterocycles. The van der Waals surface area contributed by atoms with Crippen molar-refractivity contribution in [1.29, 1.82) is 0 Å². The van der Waals surface area contributed by atoms with Crippen LogP contribution in [-0.4, -0.2) is 47.9 Å². The number of anilines is 1. The number of pyridine rings is 2. The van der Waals surface area contributed by atoms with Crippen LogP contribution in [0.15, 0.2) is 53.7 Å². The van der Waals surface area contributed by atoms with Crippen LogP contribution < -0.4 is 20.5 Å². The van der Waals surface area contributed by atoms with E-state index >= 15 is 4.39 Å². The van der Waals surface area contributed by atoms with Crippen LogP contribution in [0.4, 0.5) is 10.1 Å². The lowest BCUT2D eigenvalue weighted by atomic mass is 9.83. The maximum atomic E-state index is 15.5. The molecule has 0 unspecified atom stereocenters. The fourth-order valence-corrected chi connectivity index (χ4v) is 6.10. The minimum Gasteiger partial charge on any atom is -0.495 e. The number of ether oxygens (including phenoxy) is 3. The lowest BCUT2D eigenvalue weighted by Crippen LogP contribution is -2.35. The number of carbonyl (C=O) groups is 1. The van der Waals surface area contributed by atoms with Crippen molar-refractivity contribution >= 4 is 34.1 Å². The number of fused-ring (bicyclic) bond motifs is 4. The molecule has 6 rings (SSSR count). The Labute approximate surface area is 222 Å². The Bertz CT molecular complexity index is 1490. The summed E-state index contributed by atoms with van der Waals surface area (Å²) in [6.07, 6.45) is 4.79. The Kier molecular flexibility index (Phi) is 6.24. The Balaban J connectivity index is 1.42. The number of amides is 1. The Morgan fingerprint density at radius 2 is 2.13 bits per heavy atom. The van der Waals surface area contributed by atoms with Crippen molar-refractivity contribution in [3.05, 3.63) is 77.1 Å². The second kappa shape index (κ2) is 9.73. The number of hydrogen-bond acceptors (Lipinski definition) is 9. The smallest absolute Gasteiger partial charge is 0.274 e. The van der Waals surface area contributed by atoms with Crippen LogP contribution in [0.3, 0.4) is 0 Å². The van der Waals surface area contributed by atoms with Gasteiger partial charge in [-0.2, -0.15) is 4.39 Å². The monoisotopic (exact) mass is 533 g/mol. The molecule has 1 atom stereocenters. The second-order valence-corrected chi connectivity index (χ2v) is 10.3. The number of aromatic nitrogens is 2. The molecule has 11 heteroatoms. The molecule has 2 aromatic heterocycles. The minimum absolute atomic E-state index is 0.0694. The van der Waals surface area contributed by atoms with Gasteiger partial charge >= 0.3 is 0 Å². The largest absolute Gasteiger partial charge is 0.495 e. The Hall–Kier alpha value is -3.96. The number of thioether (sulfide) groups is 1. The number of carbonyl (C=O) groups excluding carboxylic acids is 1. The molecule has 0 bridgehead atoms. The second-order valence-electron chi connectivity index (χ2n) is 9.00. The third-order valence-corrected chi connectivity index (χ3v) is 8.04. The van der Waals surface area contributed by atoms with Gasteiger partial charge in [-0.05, 0) is 54.8 Å². The van der Waals surface area contributed by atoms with Crippen LogP contribution in [0.2, 0.25) is 0 Å². The topological polar surface area (TPSA) is 121 Å². The third-order valence-electron chi connectivity index (χ3n) is 6.71. The van der Waals surface area contributed by atoms with Gasteiger partial charge in [0.25, 0.3) is 11.9 Å². The lowest BCUT2D eigenvalue weighted by Gasteiger charge is -2.41. The Morgan fingerprint density at radius 1 is 1.24 bits per heavy atom. The van der Waals surface area contributed by atoms with E-state index < -0.39 is 10.7 Å². The van der Waals surface area contributed by atoms with Crippen molar-refractivity contribution in [3.8, 4) is 17.2 Å². The van der Waals surface area contributed by atoms with Gasteiger partial charge in [-0.1, -0.05) is 17.8 Å². The van der Waals surface area contributed by atoms with Gasteiger partial charge in [0.15, 0.2) is 10.9 Å². The van der Waals surface area contributed by atoms with Gasteiger partial charge in [-0.25, -0.2) is 9.97 Å². The quantitative estimate of drug-likeness (QED) is 0.471. The normalized spacial score (nSPS) is 19.9. The lowest BCUT2D eigenvalue weighted by molar-refractivity contribution is 0.102. The first-order valence-electron chi connectivity index (χ1n) is 12.1. The van der Waals surface area contributed by atoms with E-state index in [2.05, 4.69) is 20.3 Å². The third kappa shape index (κ3) is 4.27. The zero-order valence-electron chi connectivity index (χ0n) is 20.5. The van der Waals surface area contributed by atoms with Crippen LogP contribution >= 0.6 is 11.8 Å². The van der Waals surface area contributed by atoms with Crippen LogP contribution in [0.5, 0.6) is 17.2 Å². The first-order valence-corrected chi connectivity index (χ1v) is 12.9. The fourth-order valence-electron chi connectivity index (χ4n) is 4.86. The van der Waals surface area contributed by atoms with E-state index in [0.29, 0.717) is 59.8 Å². The van der Waals surface area contributed by atoms with Gasteiger partial charge in [-0.3, -0.25) is 9.79 Å². The molecule has 1 spiro atoms. The molecule has 5 heterocycles. The summed E-state index contributed by atoms with van der Waals surface area (Å²) in [4.78, 5) is 25.6. The molecule has 3 aliphatic rings. The Morgan fingerprint density at radius 3 is 2.87 bits per heavy atom. The summed E-state index contributed by atoms with van der Waals surface area (Å²) in [7, 11) is 1.53. The van der Waals surface area contributed by atoms with Crippen molar-refractivity contribution in [2.75, 3.05) is 32.2 Å². The molecular weight excluding hydrogens is 509 g/mol. The van der Waals surface area contributed by atoms with Crippen LogP contribution in [-0.2, 0) is 9.48 Å². The number of nitrogens with zero attached hydrogens (tertiary/aromatic N) is 3. The number of aliphatic imine (C=N–C) groups is 1. The minimum atomic E-state index is -0.789. The molecule has 0 saturated carbocycles. The predicted octanol–water partition coefficient (Wildman–Crippen LogP) is 4.48. The van der Waals surface area contributed by atoms with Gasteiger partial charge in [0.2, 0.25) is 0 Å². The van der Waals surface area contributed by atoms with Crippen molar-refractivity contribution in [1.82, 2.24) is 9.97 Å². The average molecular weight is 534 g/mol. The average Bonchev–Trinajstić information content (AvgIpc) is 2.94. The highest BCUT2D eigenvalue weighted by Gasteiger charge is 2.47. The SMILES string of the molecule is COc1ccc(C(=O)Nc2ccc3c(c2)[C@@]2(CCN=C(N)S2)c2cc(C4=CCCOC4)nc(F)c2O3)nc1. The maximum Gasteiger partial charge on any atom is 0.274 e. The molecule has 0 fully saturated rings. The molecule has 0 aliphatic carbocycles. The van der Waals surface area contributed by atoms with Gasteiger partial charge < -0.3 is 25.3 Å². The van der Waals surface area contributed by atoms with E-state index in [9.17, 15) is 4.79 Å². The van der Waals surface area contributed by atoms with E-state index in [4.69, 9.17) is 19.9 Å². The van der Waals surface area contributed by atoms with Crippen molar-refractivity contribution in [3.63, 3.8) is 0 Å². The predicted molar refractivity (Wildman–Crippen MR) is 142 cm³/mol. The molecule has 9 nitrogen and oxygen atoms in total. The highest BCUT2D eigenvalue weighted by atomic mass is 32.2. The number of hydrogen-bond donors (Lipinski definition) is 2. The standard InChI is InChI=1S/C27H24FN5O4S/c1-35-17-5-6-20(31-13-17)25(34)32-16-4-7-22-18(11-16)27(8-9-30-26(29)38-27)19-12-21(15-3-2-10-36-14-15)33-24(28)23(19)37-22/h3-7,11-13H,2,8-10,14H2,1H3,(H2,29,30)(H,32,34)/t27-/m0/s1. The van der Waals surface area contributed by atoms with E-state index in [0.717, 1.165) is 17.6 Å². The molecule has 1 amide bonds. The van der Waals surface area contributed by atoms with E-state index in [1.54, 1.807) is 24.3 Å². The number of nitrogens with one attached hydrogen (secondary N) is 1. The summed E-state index contributed by atoms with van der Waals surface area (Å²) < 4.78 is 31.4. The van der Waals surface area contributed by atoms with Crippen LogP contribution in [0.25, 0.3) is 5.57 Å². The number of rotatable bonds is 4. The van der Waals surface area contributed by atoms with Gasteiger partial charge in [0.05, 0.1) is 37.0 Å². The van der Waals surface area contributed by atoms with E-state index in [1.807, 2.05) is 18.2 Å². The number of nitrogens with two attached hydrogens (primary N) is 1. The summed E-state index contributed by atoms with van der Waals surface area (Å²) in [6, 6.07) is 10.4.